The highest BCUT2D eigenvalue weighted by atomic mass is 79.9. The van der Waals surface area contributed by atoms with Crippen LogP contribution in [-0.4, -0.2) is 6.79 Å². The summed E-state index contributed by atoms with van der Waals surface area (Å²) in [4.78, 5) is 0. The van der Waals surface area contributed by atoms with Crippen LogP contribution >= 0.6 is 27.5 Å². The van der Waals surface area contributed by atoms with Gasteiger partial charge < -0.3 is 14.8 Å². The van der Waals surface area contributed by atoms with E-state index in [1.807, 2.05) is 12.1 Å². The molecule has 1 aliphatic rings. The molecule has 0 fully saturated rings. The minimum atomic E-state index is -0.450. The Morgan fingerprint density at radius 3 is 3.00 bits per heavy atom. The third kappa shape index (κ3) is 2.55. The van der Waals surface area contributed by atoms with Crippen LogP contribution in [0.1, 0.15) is 5.56 Å². The van der Waals surface area contributed by atoms with E-state index >= 15 is 0 Å². The maximum atomic E-state index is 13.8. The zero-order chi connectivity index (χ0) is 14.1. The molecule has 0 bridgehead atoms. The molecular formula is C14H10BrClFNO2. The first-order valence-corrected chi connectivity index (χ1v) is 7.08. The standard InChI is InChI=1S/C14H10BrClFNO2/c15-9-4-8(5-12-14(9)20-7-19-12)6-18-11-3-1-2-10(16)13(11)17/h1-5,18H,6-7H2. The highest BCUT2D eigenvalue weighted by Gasteiger charge is 2.18. The molecule has 0 amide bonds. The van der Waals surface area contributed by atoms with Crippen LogP contribution in [0.25, 0.3) is 0 Å². The molecule has 1 N–H and O–H groups in total. The molecule has 6 heteroatoms. The molecule has 0 saturated carbocycles. The smallest absolute Gasteiger partial charge is 0.231 e. The summed E-state index contributed by atoms with van der Waals surface area (Å²) in [7, 11) is 0. The third-order valence-electron chi connectivity index (χ3n) is 2.92. The number of rotatable bonds is 3. The molecule has 2 aromatic rings. The Labute approximate surface area is 128 Å². The number of hydrogen-bond acceptors (Lipinski definition) is 3. The molecule has 0 aromatic heterocycles. The topological polar surface area (TPSA) is 30.5 Å². The van der Waals surface area contributed by atoms with E-state index in [4.69, 9.17) is 21.1 Å². The predicted molar refractivity (Wildman–Crippen MR) is 79.0 cm³/mol. The summed E-state index contributed by atoms with van der Waals surface area (Å²) in [6.45, 7) is 0.667. The van der Waals surface area contributed by atoms with E-state index in [1.165, 1.54) is 6.07 Å². The van der Waals surface area contributed by atoms with E-state index in [9.17, 15) is 4.39 Å². The zero-order valence-electron chi connectivity index (χ0n) is 10.3. The van der Waals surface area contributed by atoms with Gasteiger partial charge in [0.25, 0.3) is 0 Å². The molecule has 1 heterocycles. The quantitative estimate of drug-likeness (QED) is 0.871. The summed E-state index contributed by atoms with van der Waals surface area (Å²) < 4.78 is 25.2. The summed E-state index contributed by atoms with van der Waals surface area (Å²) in [5.74, 6) is 0.930. The lowest BCUT2D eigenvalue weighted by atomic mass is 10.2. The zero-order valence-corrected chi connectivity index (χ0v) is 12.6. The molecule has 0 saturated heterocycles. The Kier molecular flexibility index (Phi) is 3.72. The SMILES string of the molecule is Fc1c(Cl)cccc1NCc1cc(Br)c2c(c1)OCO2. The van der Waals surface area contributed by atoms with Crippen LogP contribution in [0, 0.1) is 5.82 Å². The summed E-state index contributed by atoms with van der Waals surface area (Å²) in [6, 6.07) is 8.62. The van der Waals surface area contributed by atoms with Gasteiger partial charge in [-0.15, -0.1) is 0 Å². The summed E-state index contributed by atoms with van der Waals surface area (Å²) in [5.41, 5.74) is 1.31. The Morgan fingerprint density at radius 1 is 1.30 bits per heavy atom. The largest absolute Gasteiger partial charge is 0.454 e. The lowest BCUT2D eigenvalue weighted by molar-refractivity contribution is 0.173. The van der Waals surface area contributed by atoms with Gasteiger partial charge in [-0.1, -0.05) is 17.7 Å². The lowest BCUT2D eigenvalue weighted by Gasteiger charge is -2.10. The van der Waals surface area contributed by atoms with Crippen molar-refractivity contribution in [2.24, 2.45) is 0 Å². The fraction of sp³-hybridized carbons (Fsp3) is 0.143. The van der Waals surface area contributed by atoms with Gasteiger partial charge >= 0.3 is 0 Å². The van der Waals surface area contributed by atoms with Crippen molar-refractivity contribution in [3.05, 3.63) is 51.2 Å². The second kappa shape index (κ2) is 5.50. The van der Waals surface area contributed by atoms with Crippen molar-refractivity contribution in [3.63, 3.8) is 0 Å². The molecule has 3 rings (SSSR count). The maximum absolute atomic E-state index is 13.8. The van der Waals surface area contributed by atoms with Crippen molar-refractivity contribution < 1.29 is 13.9 Å². The van der Waals surface area contributed by atoms with Gasteiger partial charge in [0, 0.05) is 6.54 Å². The van der Waals surface area contributed by atoms with Crippen LogP contribution in [0.15, 0.2) is 34.8 Å². The molecule has 3 nitrogen and oxygen atoms in total. The molecule has 104 valence electrons. The first kappa shape index (κ1) is 13.5. The van der Waals surface area contributed by atoms with Crippen molar-refractivity contribution in [2.75, 3.05) is 12.1 Å². The molecule has 2 aromatic carbocycles. The molecule has 0 atom stereocenters. The van der Waals surface area contributed by atoms with Crippen molar-refractivity contribution in [3.8, 4) is 11.5 Å². The lowest BCUT2D eigenvalue weighted by Crippen LogP contribution is -2.01. The number of ether oxygens (including phenoxy) is 2. The number of benzene rings is 2. The molecular weight excluding hydrogens is 349 g/mol. The highest BCUT2D eigenvalue weighted by molar-refractivity contribution is 9.10. The van der Waals surface area contributed by atoms with Crippen LogP contribution in [0.2, 0.25) is 5.02 Å². The molecule has 1 aliphatic heterocycles. The Balaban J connectivity index is 1.79. The van der Waals surface area contributed by atoms with Gasteiger partial charge in [-0.25, -0.2) is 4.39 Å². The fourth-order valence-electron chi connectivity index (χ4n) is 1.96. The summed E-state index contributed by atoms with van der Waals surface area (Å²) >= 11 is 9.16. The van der Waals surface area contributed by atoms with E-state index < -0.39 is 5.82 Å². The first-order valence-electron chi connectivity index (χ1n) is 5.91. The number of anilines is 1. The van der Waals surface area contributed by atoms with E-state index in [0.717, 1.165) is 10.0 Å². The fourth-order valence-corrected chi connectivity index (χ4v) is 2.74. The number of fused-ring (bicyclic) bond motifs is 1. The first-order chi connectivity index (χ1) is 9.65. The van der Waals surface area contributed by atoms with Crippen molar-refractivity contribution >= 4 is 33.2 Å². The number of nitrogens with one attached hydrogen (secondary N) is 1. The second-order valence-corrected chi connectivity index (χ2v) is 5.53. The van der Waals surface area contributed by atoms with Gasteiger partial charge in [-0.3, -0.25) is 0 Å². The summed E-state index contributed by atoms with van der Waals surface area (Å²) in [6.07, 6.45) is 0. The van der Waals surface area contributed by atoms with E-state index in [0.29, 0.717) is 23.7 Å². The van der Waals surface area contributed by atoms with E-state index in [-0.39, 0.29) is 11.8 Å². The van der Waals surface area contributed by atoms with Crippen molar-refractivity contribution in [2.45, 2.75) is 6.54 Å². The number of halogens is 3. The molecule has 20 heavy (non-hydrogen) atoms. The average molecular weight is 359 g/mol. The third-order valence-corrected chi connectivity index (χ3v) is 3.80. The minimum Gasteiger partial charge on any atom is -0.454 e. The number of hydrogen-bond donors (Lipinski definition) is 1. The molecule has 0 radical (unpaired) electrons. The average Bonchev–Trinajstić information content (AvgIpc) is 2.89. The van der Waals surface area contributed by atoms with Crippen molar-refractivity contribution in [1.82, 2.24) is 0 Å². The normalized spacial score (nSPS) is 12.6. The van der Waals surface area contributed by atoms with Gasteiger partial charge in [-0.2, -0.15) is 0 Å². The molecule has 0 unspecified atom stereocenters. The molecule has 0 spiro atoms. The highest BCUT2D eigenvalue weighted by Crippen LogP contribution is 2.40. The Bertz CT molecular complexity index is 666. The predicted octanol–water partition coefficient (Wildman–Crippen LogP) is 4.58. The maximum Gasteiger partial charge on any atom is 0.231 e. The van der Waals surface area contributed by atoms with Crippen LogP contribution in [0.4, 0.5) is 10.1 Å². The summed E-state index contributed by atoms with van der Waals surface area (Å²) in [5, 5.41) is 3.11. The van der Waals surface area contributed by atoms with Gasteiger partial charge in [0.05, 0.1) is 15.2 Å². The van der Waals surface area contributed by atoms with E-state index in [1.54, 1.807) is 12.1 Å². The van der Waals surface area contributed by atoms with Crippen LogP contribution in [0.5, 0.6) is 11.5 Å². The Morgan fingerprint density at radius 2 is 2.15 bits per heavy atom. The van der Waals surface area contributed by atoms with Gasteiger partial charge in [0.15, 0.2) is 17.3 Å². The van der Waals surface area contributed by atoms with Crippen LogP contribution in [-0.2, 0) is 6.54 Å². The Hall–Kier alpha value is -1.46. The van der Waals surface area contributed by atoms with Crippen molar-refractivity contribution in [1.29, 1.82) is 0 Å². The monoisotopic (exact) mass is 357 g/mol. The van der Waals surface area contributed by atoms with Gasteiger partial charge in [0.2, 0.25) is 6.79 Å². The van der Waals surface area contributed by atoms with Gasteiger partial charge in [-0.05, 0) is 45.8 Å². The second-order valence-electron chi connectivity index (χ2n) is 4.27. The van der Waals surface area contributed by atoms with Crippen LogP contribution in [0.3, 0.4) is 0 Å². The minimum absolute atomic E-state index is 0.0990. The molecule has 0 aliphatic carbocycles. The van der Waals surface area contributed by atoms with E-state index in [2.05, 4.69) is 21.2 Å². The van der Waals surface area contributed by atoms with Crippen LogP contribution < -0.4 is 14.8 Å². The van der Waals surface area contributed by atoms with Gasteiger partial charge in [0.1, 0.15) is 0 Å².